The van der Waals surface area contributed by atoms with Gasteiger partial charge in [-0.15, -0.1) is 0 Å². The summed E-state index contributed by atoms with van der Waals surface area (Å²) in [6.07, 6.45) is 2.43. The lowest BCUT2D eigenvalue weighted by molar-refractivity contribution is -0.118. The Kier molecular flexibility index (Phi) is 5.19. The molecule has 3 nitrogen and oxygen atoms in total. The summed E-state index contributed by atoms with van der Waals surface area (Å²) in [6, 6.07) is 8.29. The van der Waals surface area contributed by atoms with Crippen LogP contribution in [0.2, 0.25) is 0 Å². The van der Waals surface area contributed by atoms with Crippen molar-refractivity contribution >= 4 is 23.4 Å². The molecule has 3 N–H and O–H groups in total. The van der Waals surface area contributed by atoms with Crippen LogP contribution in [0.3, 0.4) is 0 Å². The minimum Gasteiger partial charge on any atom is -0.382 e. The molecule has 1 atom stereocenters. The molecule has 0 aliphatic rings. The zero-order valence-electron chi connectivity index (χ0n) is 9.69. The van der Waals surface area contributed by atoms with Gasteiger partial charge in [0.2, 0.25) is 5.91 Å². The normalized spacial score (nSPS) is 12.1. The van der Waals surface area contributed by atoms with Crippen molar-refractivity contribution in [2.24, 2.45) is 5.73 Å². The van der Waals surface area contributed by atoms with E-state index < -0.39 is 0 Å². The molecule has 0 aromatic heterocycles. The van der Waals surface area contributed by atoms with E-state index in [1.807, 2.05) is 19.1 Å². The topological polar surface area (TPSA) is 55.1 Å². The Hall–Kier alpha value is -1.16. The molecule has 0 heterocycles. The molecule has 0 aliphatic carbocycles. The van der Waals surface area contributed by atoms with Crippen LogP contribution in [0, 0.1) is 0 Å². The lowest BCUT2D eigenvalue weighted by atomic mass is 10.2. The maximum atomic E-state index is 10.7. The summed E-state index contributed by atoms with van der Waals surface area (Å²) in [5.74, 6) is 0.722. The van der Waals surface area contributed by atoms with Gasteiger partial charge < -0.3 is 11.1 Å². The number of hydrogen-bond acceptors (Lipinski definition) is 3. The van der Waals surface area contributed by atoms with E-state index in [9.17, 15) is 4.79 Å². The summed E-state index contributed by atoms with van der Waals surface area (Å²) >= 11 is 1.79. The lowest BCUT2D eigenvalue weighted by Gasteiger charge is -2.14. The van der Waals surface area contributed by atoms with Gasteiger partial charge in [-0.3, -0.25) is 4.79 Å². The third-order valence-electron chi connectivity index (χ3n) is 2.16. The monoisotopic (exact) mass is 238 g/mol. The highest BCUT2D eigenvalue weighted by molar-refractivity contribution is 7.97. The molecule has 0 spiro atoms. The van der Waals surface area contributed by atoms with Crippen LogP contribution in [-0.4, -0.2) is 18.2 Å². The fraction of sp³-hybridized carbons (Fsp3) is 0.417. The van der Waals surface area contributed by atoms with E-state index in [2.05, 4.69) is 23.7 Å². The average Bonchev–Trinajstić information content (AvgIpc) is 2.17. The van der Waals surface area contributed by atoms with Gasteiger partial charge in [0.1, 0.15) is 0 Å². The Morgan fingerprint density at radius 1 is 1.56 bits per heavy atom. The van der Waals surface area contributed by atoms with Crippen LogP contribution < -0.4 is 11.1 Å². The van der Waals surface area contributed by atoms with Crippen LogP contribution >= 0.6 is 11.8 Å². The first-order chi connectivity index (χ1) is 7.61. The maximum Gasteiger partial charge on any atom is 0.219 e. The number of thioether (sulfide) groups is 1. The SMILES string of the molecule is CSCc1cccc(NC(C)CC(N)=O)c1. The molecule has 16 heavy (non-hydrogen) atoms. The van der Waals surface area contributed by atoms with Crippen molar-refractivity contribution in [1.29, 1.82) is 0 Å². The summed E-state index contributed by atoms with van der Waals surface area (Å²) in [5, 5.41) is 3.26. The second kappa shape index (κ2) is 6.43. The Morgan fingerprint density at radius 2 is 2.31 bits per heavy atom. The summed E-state index contributed by atoms with van der Waals surface area (Å²) < 4.78 is 0. The number of hydrogen-bond donors (Lipinski definition) is 2. The smallest absolute Gasteiger partial charge is 0.219 e. The maximum absolute atomic E-state index is 10.7. The van der Waals surface area contributed by atoms with E-state index in [4.69, 9.17) is 5.73 Å². The fourth-order valence-corrected chi connectivity index (χ4v) is 2.07. The van der Waals surface area contributed by atoms with E-state index in [0.717, 1.165) is 11.4 Å². The third kappa shape index (κ3) is 4.57. The highest BCUT2D eigenvalue weighted by Gasteiger charge is 2.05. The molecule has 0 radical (unpaired) electrons. The molecule has 0 aliphatic heterocycles. The Balaban J connectivity index is 2.59. The summed E-state index contributed by atoms with van der Waals surface area (Å²) in [7, 11) is 0. The number of rotatable bonds is 6. The summed E-state index contributed by atoms with van der Waals surface area (Å²) in [5.41, 5.74) is 7.47. The van der Waals surface area contributed by atoms with E-state index >= 15 is 0 Å². The quantitative estimate of drug-likeness (QED) is 0.799. The summed E-state index contributed by atoms with van der Waals surface area (Å²) in [6.45, 7) is 1.95. The number of carbonyl (C=O) groups excluding carboxylic acids is 1. The van der Waals surface area contributed by atoms with Crippen LogP contribution in [0.5, 0.6) is 0 Å². The van der Waals surface area contributed by atoms with Crippen LogP contribution in [0.25, 0.3) is 0 Å². The second-order valence-corrected chi connectivity index (χ2v) is 4.72. The average molecular weight is 238 g/mol. The largest absolute Gasteiger partial charge is 0.382 e. The van der Waals surface area contributed by atoms with Gasteiger partial charge in [-0.1, -0.05) is 12.1 Å². The second-order valence-electron chi connectivity index (χ2n) is 3.85. The molecule has 1 unspecified atom stereocenters. The Bertz CT molecular complexity index is 355. The lowest BCUT2D eigenvalue weighted by Crippen LogP contribution is -2.23. The van der Waals surface area contributed by atoms with Gasteiger partial charge in [0.05, 0.1) is 0 Å². The molecule has 0 saturated carbocycles. The van der Waals surface area contributed by atoms with Gasteiger partial charge in [0.25, 0.3) is 0 Å². The summed E-state index contributed by atoms with van der Waals surface area (Å²) in [4.78, 5) is 10.7. The molecule has 0 bridgehead atoms. The minimum atomic E-state index is -0.278. The van der Waals surface area contributed by atoms with E-state index in [1.165, 1.54) is 5.56 Å². The molecular weight excluding hydrogens is 220 g/mol. The van der Waals surface area contributed by atoms with Crippen molar-refractivity contribution in [3.8, 4) is 0 Å². The first kappa shape index (κ1) is 12.9. The van der Waals surface area contributed by atoms with E-state index in [0.29, 0.717) is 6.42 Å². The Morgan fingerprint density at radius 3 is 2.94 bits per heavy atom. The van der Waals surface area contributed by atoms with Gasteiger partial charge in [0, 0.05) is 23.9 Å². The molecule has 1 aromatic carbocycles. The van der Waals surface area contributed by atoms with Crippen LogP contribution in [0.15, 0.2) is 24.3 Å². The van der Waals surface area contributed by atoms with Crippen molar-refractivity contribution in [2.75, 3.05) is 11.6 Å². The highest BCUT2D eigenvalue weighted by atomic mass is 32.2. The van der Waals surface area contributed by atoms with Crippen LogP contribution in [0.4, 0.5) is 5.69 Å². The number of nitrogens with two attached hydrogens (primary N) is 1. The van der Waals surface area contributed by atoms with Gasteiger partial charge >= 0.3 is 0 Å². The third-order valence-corrected chi connectivity index (χ3v) is 2.78. The zero-order chi connectivity index (χ0) is 12.0. The van der Waals surface area contributed by atoms with Crippen molar-refractivity contribution in [1.82, 2.24) is 0 Å². The van der Waals surface area contributed by atoms with Crippen LogP contribution in [-0.2, 0) is 10.5 Å². The minimum absolute atomic E-state index is 0.0713. The van der Waals surface area contributed by atoms with Crippen molar-refractivity contribution in [3.63, 3.8) is 0 Å². The molecule has 1 amide bonds. The van der Waals surface area contributed by atoms with Gasteiger partial charge in [0.15, 0.2) is 0 Å². The molecule has 0 saturated heterocycles. The highest BCUT2D eigenvalue weighted by Crippen LogP contribution is 2.16. The number of carbonyl (C=O) groups is 1. The predicted octanol–water partition coefficient (Wildman–Crippen LogP) is 2.23. The van der Waals surface area contributed by atoms with Crippen molar-refractivity contribution in [3.05, 3.63) is 29.8 Å². The van der Waals surface area contributed by atoms with Gasteiger partial charge in [-0.05, 0) is 30.9 Å². The number of primary amides is 1. The molecule has 0 fully saturated rings. The predicted molar refractivity (Wildman–Crippen MR) is 70.6 cm³/mol. The van der Waals surface area contributed by atoms with E-state index in [-0.39, 0.29) is 11.9 Å². The van der Waals surface area contributed by atoms with Crippen molar-refractivity contribution in [2.45, 2.75) is 25.1 Å². The molecule has 1 aromatic rings. The molecule has 88 valence electrons. The molecular formula is C12H18N2OS. The van der Waals surface area contributed by atoms with Gasteiger partial charge in [-0.25, -0.2) is 0 Å². The Labute approximate surface area is 101 Å². The van der Waals surface area contributed by atoms with Crippen molar-refractivity contribution < 1.29 is 4.79 Å². The number of nitrogens with one attached hydrogen (secondary N) is 1. The first-order valence-corrected chi connectivity index (χ1v) is 6.64. The fourth-order valence-electron chi connectivity index (χ4n) is 1.55. The number of amides is 1. The molecule has 1 rings (SSSR count). The standard InChI is InChI=1S/C12H18N2OS/c1-9(6-12(13)15)14-11-5-3-4-10(7-11)8-16-2/h3-5,7,9,14H,6,8H2,1-2H3,(H2,13,15). The number of anilines is 1. The number of benzene rings is 1. The first-order valence-electron chi connectivity index (χ1n) is 5.24. The van der Waals surface area contributed by atoms with Crippen LogP contribution in [0.1, 0.15) is 18.9 Å². The van der Waals surface area contributed by atoms with Gasteiger partial charge in [-0.2, -0.15) is 11.8 Å². The zero-order valence-corrected chi connectivity index (χ0v) is 10.5. The van der Waals surface area contributed by atoms with E-state index in [1.54, 1.807) is 11.8 Å². The molecule has 4 heteroatoms.